The van der Waals surface area contributed by atoms with Crippen LogP contribution in [0, 0.1) is 0 Å². The van der Waals surface area contributed by atoms with Crippen LogP contribution in [0.2, 0.25) is 0 Å². The number of rotatable bonds is 1. The molecule has 72 valence electrons. The summed E-state index contributed by atoms with van der Waals surface area (Å²) in [4.78, 5) is 22.5. The molecule has 14 heavy (non-hydrogen) atoms. The highest BCUT2D eigenvalue weighted by atomic mass is 16.2. The maximum Gasteiger partial charge on any atom is 0.272 e. The Morgan fingerprint density at radius 2 is 1.86 bits per heavy atom. The molecule has 1 aliphatic heterocycles. The highest BCUT2D eigenvalue weighted by molar-refractivity contribution is 6.17. The summed E-state index contributed by atoms with van der Waals surface area (Å²) in [7, 11) is 0. The maximum absolute atomic E-state index is 11.4. The quantitative estimate of drug-likeness (QED) is 0.581. The molecule has 0 radical (unpaired) electrons. The van der Waals surface area contributed by atoms with Crippen LogP contribution in [-0.2, 0) is 9.59 Å². The van der Waals surface area contributed by atoms with Crippen molar-refractivity contribution in [1.82, 2.24) is 5.43 Å². The first-order valence-corrected chi connectivity index (χ1v) is 4.15. The molecular weight excluding hydrogens is 182 g/mol. The zero-order valence-electron chi connectivity index (χ0n) is 7.31. The molecule has 0 unspecified atom stereocenters. The molecule has 5 nitrogen and oxygen atoms in total. The average Bonchev–Trinajstić information content (AvgIpc) is 2.47. The van der Waals surface area contributed by atoms with Gasteiger partial charge in [-0.1, -0.05) is 18.2 Å². The number of carbonyl (C=O) groups is 2. The van der Waals surface area contributed by atoms with Gasteiger partial charge in [-0.3, -0.25) is 15.0 Å². The van der Waals surface area contributed by atoms with Gasteiger partial charge in [-0.15, -0.1) is 0 Å². The summed E-state index contributed by atoms with van der Waals surface area (Å²) >= 11 is 0. The van der Waals surface area contributed by atoms with Crippen molar-refractivity contribution in [3.8, 4) is 0 Å². The van der Waals surface area contributed by atoms with Gasteiger partial charge in [0.05, 0.1) is 5.69 Å². The van der Waals surface area contributed by atoms with Gasteiger partial charge in [0.1, 0.15) is 0 Å². The van der Waals surface area contributed by atoms with Crippen molar-refractivity contribution in [3.63, 3.8) is 0 Å². The second kappa shape index (κ2) is 3.12. The number of nitrogens with two attached hydrogens (primary N) is 1. The summed E-state index contributed by atoms with van der Waals surface area (Å²) in [5.41, 5.74) is 8.35. The normalized spacial score (nSPS) is 21.2. The molecule has 0 saturated carbocycles. The number of anilines is 1. The van der Waals surface area contributed by atoms with E-state index in [-0.39, 0.29) is 0 Å². The molecule has 1 fully saturated rings. The zero-order chi connectivity index (χ0) is 10.1. The van der Waals surface area contributed by atoms with Crippen molar-refractivity contribution in [1.29, 1.82) is 0 Å². The molecule has 1 heterocycles. The number of nitrogens with zero attached hydrogens (tertiary/aromatic N) is 1. The summed E-state index contributed by atoms with van der Waals surface area (Å²) in [5.74, 6) is -0.903. The monoisotopic (exact) mass is 191 g/mol. The Hall–Kier alpha value is -1.88. The first-order chi connectivity index (χ1) is 6.70. The van der Waals surface area contributed by atoms with Gasteiger partial charge in [-0.2, -0.15) is 0 Å². The number of nitrogens with one attached hydrogen (secondary N) is 1. The standard InChI is InChI=1S/C9H9N3O2/c10-7-8(13)11-12(9(7)14)6-4-2-1-3-5-6/h1-5,7H,10H2,(H,11,13)/t7-/m0/s1. The van der Waals surface area contributed by atoms with Crippen LogP contribution in [-0.4, -0.2) is 17.9 Å². The zero-order valence-corrected chi connectivity index (χ0v) is 7.31. The Labute approximate surface area is 80.5 Å². The number of hydrogen-bond acceptors (Lipinski definition) is 3. The van der Waals surface area contributed by atoms with E-state index in [1.165, 1.54) is 0 Å². The smallest absolute Gasteiger partial charge is 0.272 e. The molecule has 0 aromatic heterocycles. The van der Waals surface area contributed by atoms with Crippen LogP contribution in [0.3, 0.4) is 0 Å². The number of hydrazine groups is 1. The predicted octanol–water partition coefficient (Wildman–Crippen LogP) is -0.608. The SMILES string of the molecule is N[C@H]1C(=O)NN(c2ccccc2)C1=O. The molecule has 0 aliphatic carbocycles. The second-order valence-electron chi connectivity index (χ2n) is 2.96. The number of amides is 2. The van der Waals surface area contributed by atoms with Crippen molar-refractivity contribution < 1.29 is 9.59 Å². The van der Waals surface area contributed by atoms with Crippen molar-refractivity contribution in [2.24, 2.45) is 5.73 Å². The third-order valence-electron chi connectivity index (χ3n) is 2.01. The fraction of sp³-hybridized carbons (Fsp3) is 0.111. The average molecular weight is 191 g/mol. The van der Waals surface area contributed by atoms with Crippen molar-refractivity contribution in [3.05, 3.63) is 30.3 Å². The Morgan fingerprint density at radius 1 is 1.21 bits per heavy atom. The number of hydrogen-bond donors (Lipinski definition) is 2. The highest BCUT2D eigenvalue weighted by Crippen LogP contribution is 2.14. The summed E-state index contributed by atoms with van der Waals surface area (Å²) < 4.78 is 0. The lowest BCUT2D eigenvalue weighted by Gasteiger charge is -2.14. The lowest BCUT2D eigenvalue weighted by Crippen LogP contribution is -2.36. The number of benzene rings is 1. The summed E-state index contributed by atoms with van der Waals surface area (Å²) in [5, 5.41) is 1.16. The first-order valence-electron chi connectivity index (χ1n) is 4.15. The molecule has 2 amide bonds. The van der Waals surface area contributed by atoms with E-state index in [4.69, 9.17) is 5.73 Å². The van der Waals surface area contributed by atoms with Gasteiger partial charge in [0.2, 0.25) is 0 Å². The maximum atomic E-state index is 11.4. The lowest BCUT2D eigenvalue weighted by atomic mass is 10.3. The number of para-hydroxylation sites is 1. The molecule has 3 N–H and O–H groups in total. The topological polar surface area (TPSA) is 75.4 Å². The van der Waals surface area contributed by atoms with Crippen molar-refractivity contribution >= 4 is 17.5 Å². The minimum atomic E-state index is -1.09. The fourth-order valence-electron chi connectivity index (χ4n) is 1.25. The summed E-state index contributed by atoms with van der Waals surface area (Å²) in [6, 6.07) is 7.73. The van der Waals surface area contributed by atoms with E-state index in [0.717, 1.165) is 5.01 Å². The van der Waals surface area contributed by atoms with Gasteiger partial charge in [-0.25, -0.2) is 5.01 Å². The Bertz CT molecular complexity index is 377. The Morgan fingerprint density at radius 3 is 2.36 bits per heavy atom. The van der Waals surface area contributed by atoms with Crippen LogP contribution >= 0.6 is 0 Å². The highest BCUT2D eigenvalue weighted by Gasteiger charge is 2.36. The molecule has 1 aromatic rings. The van der Waals surface area contributed by atoms with Gasteiger partial charge >= 0.3 is 0 Å². The molecular formula is C9H9N3O2. The lowest BCUT2D eigenvalue weighted by molar-refractivity contribution is -0.123. The van der Waals surface area contributed by atoms with Gasteiger partial charge in [-0.05, 0) is 12.1 Å². The molecule has 0 bridgehead atoms. The van der Waals surface area contributed by atoms with Crippen molar-refractivity contribution in [2.45, 2.75) is 6.04 Å². The molecule has 5 heteroatoms. The minimum absolute atomic E-state index is 0.429. The predicted molar refractivity (Wildman–Crippen MR) is 50.0 cm³/mol. The fourth-order valence-corrected chi connectivity index (χ4v) is 1.25. The van der Waals surface area contributed by atoms with Crippen LogP contribution < -0.4 is 16.2 Å². The van der Waals surface area contributed by atoms with E-state index in [2.05, 4.69) is 5.43 Å². The minimum Gasteiger partial charge on any atom is -0.312 e. The van der Waals surface area contributed by atoms with Gasteiger partial charge < -0.3 is 5.73 Å². The van der Waals surface area contributed by atoms with E-state index in [0.29, 0.717) is 5.69 Å². The molecule has 0 spiro atoms. The van der Waals surface area contributed by atoms with Gasteiger partial charge in [0.25, 0.3) is 11.8 Å². The number of carbonyl (C=O) groups excluding carboxylic acids is 2. The van der Waals surface area contributed by atoms with Crippen molar-refractivity contribution in [2.75, 3.05) is 5.01 Å². The third kappa shape index (κ3) is 1.23. The second-order valence-corrected chi connectivity index (χ2v) is 2.96. The Kier molecular flexibility index (Phi) is 1.94. The van der Waals surface area contributed by atoms with Crippen LogP contribution in [0.1, 0.15) is 0 Å². The van der Waals surface area contributed by atoms with Gasteiger partial charge in [0.15, 0.2) is 6.04 Å². The van der Waals surface area contributed by atoms with Crippen LogP contribution in [0.25, 0.3) is 0 Å². The van der Waals surface area contributed by atoms with Gasteiger partial charge in [0, 0.05) is 0 Å². The largest absolute Gasteiger partial charge is 0.312 e. The van der Waals surface area contributed by atoms with E-state index >= 15 is 0 Å². The van der Waals surface area contributed by atoms with E-state index < -0.39 is 17.9 Å². The summed E-state index contributed by atoms with van der Waals surface area (Å²) in [6.07, 6.45) is 0. The molecule has 1 aromatic carbocycles. The Balaban J connectivity index is 2.30. The van der Waals surface area contributed by atoms with E-state index in [1.54, 1.807) is 24.3 Å². The summed E-state index contributed by atoms with van der Waals surface area (Å²) in [6.45, 7) is 0. The van der Waals surface area contributed by atoms with Crippen LogP contribution in [0.4, 0.5) is 5.69 Å². The van der Waals surface area contributed by atoms with E-state index in [1.807, 2.05) is 6.07 Å². The molecule has 1 atom stereocenters. The third-order valence-corrected chi connectivity index (χ3v) is 2.01. The van der Waals surface area contributed by atoms with Crippen LogP contribution in [0.5, 0.6) is 0 Å². The molecule has 1 aliphatic rings. The molecule has 2 rings (SSSR count). The van der Waals surface area contributed by atoms with E-state index in [9.17, 15) is 9.59 Å². The van der Waals surface area contributed by atoms with Crippen LogP contribution in [0.15, 0.2) is 30.3 Å². The first kappa shape index (κ1) is 8.71. The molecule has 1 saturated heterocycles.